The summed E-state index contributed by atoms with van der Waals surface area (Å²) < 4.78 is 0. The van der Waals surface area contributed by atoms with Crippen LogP contribution in [0.1, 0.15) is 30.1 Å². The van der Waals surface area contributed by atoms with E-state index in [4.69, 9.17) is 5.26 Å². The van der Waals surface area contributed by atoms with Crippen molar-refractivity contribution < 1.29 is 9.72 Å². The van der Waals surface area contributed by atoms with Crippen LogP contribution in [0.3, 0.4) is 0 Å². The lowest BCUT2D eigenvalue weighted by Crippen LogP contribution is -2.15. The summed E-state index contributed by atoms with van der Waals surface area (Å²) >= 11 is 0. The molecule has 0 N–H and O–H groups in total. The topological polar surface area (TPSA) is 84.0 Å². The molecule has 0 saturated heterocycles. The predicted molar refractivity (Wildman–Crippen MR) is 61.4 cm³/mol. The first kappa shape index (κ1) is 12.8. The fraction of sp³-hybridized carbons (Fsp3) is 0.333. The molecule has 1 aromatic rings. The number of para-hydroxylation sites is 1. The highest BCUT2D eigenvalue weighted by Gasteiger charge is 2.25. The molecule has 0 amide bonds. The summed E-state index contributed by atoms with van der Waals surface area (Å²) in [6.45, 7) is 1.79. The number of nitriles is 1. The van der Waals surface area contributed by atoms with Gasteiger partial charge in [0.1, 0.15) is 0 Å². The molecule has 0 aromatic heterocycles. The van der Waals surface area contributed by atoms with E-state index in [-0.39, 0.29) is 23.5 Å². The van der Waals surface area contributed by atoms with Crippen molar-refractivity contribution in [2.45, 2.75) is 19.8 Å². The summed E-state index contributed by atoms with van der Waals surface area (Å²) in [5.41, 5.74) is -0.117. The van der Waals surface area contributed by atoms with Crippen LogP contribution in [0.4, 0.5) is 5.69 Å². The molecule has 0 fully saturated rings. The minimum Gasteiger partial charge on any atom is -0.294 e. The smallest absolute Gasteiger partial charge is 0.280 e. The molecule has 5 nitrogen and oxygen atoms in total. The van der Waals surface area contributed by atoms with Crippen molar-refractivity contribution in [3.63, 3.8) is 0 Å². The molecule has 1 rings (SSSR count). The highest BCUT2D eigenvalue weighted by molar-refractivity contribution is 6.01. The molecule has 0 aliphatic carbocycles. The second kappa shape index (κ2) is 5.75. The van der Waals surface area contributed by atoms with E-state index in [2.05, 4.69) is 0 Å². The lowest BCUT2D eigenvalue weighted by Gasteiger charge is -2.09. The van der Waals surface area contributed by atoms with Gasteiger partial charge in [0.15, 0.2) is 5.78 Å². The third-order valence-corrected chi connectivity index (χ3v) is 2.57. The maximum absolute atomic E-state index is 12.0. The van der Waals surface area contributed by atoms with Gasteiger partial charge in [0.25, 0.3) is 5.69 Å². The Kier molecular flexibility index (Phi) is 4.35. The second-order valence-electron chi connectivity index (χ2n) is 3.61. The molecular formula is C12H12N2O3. The summed E-state index contributed by atoms with van der Waals surface area (Å²) in [5, 5.41) is 19.4. The normalized spacial score (nSPS) is 11.5. The summed E-state index contributed by atoms with van der Waals surface area (Å²) in [6.07, 6.45) is 0.583. The van der Waals surface area contributed by atoms with Gasteiger partial charge in [-0.1, -0.05) is 19.1 Å². The monoisotopic (exact) mass is 232 g/mol. The average molecular weight is 232 g/mol. The summed E-state index contributed by atoms with van der Waals surface area (Å²) in [6, 6.07) is 7.75. The zero-order valence-electron chi connectivity index (χ0n) is 9.42. The van der Waals surface area contributed by atoms with E-state index in [9.17, 15) is 14.9 Å². The summed E-state index contributed by atoms with van der Waals surface area (Å²) in [5.74, 6) is -0.803. The molecule has 0 radical (unpaired) electrons. The number of nitro groups is 1. The third-order valence-electron chi connectivity index (χ3n) is 2.57. The maximum Gasteiger partial charge on any atom is 0.280 e. The number of ketones is 1. The van der Waals surface area contributed by atoms with Crippen LogP contribution < -0.4 is 0 Å². The largest absolute Gasteiger partial charge is 0.294 e. The quantitative estimate of drug-likeness (QED) is 0.444. The molecule has 17 heavy (non-hydrogen) atoms. The van der Waals surface area contributed by atoms with Crippen LogP contribution in [-0.2, 0) is 0 Å². The SMILES string of the molecule is CCC(CC#N)C(=O)c1ccccc1[N+](=O)[O-]. The van der Waals surface area contributed by atoms with E-state index in [0.29, 0.717) is 6.42 Å². The zero-order chi connectivity index (χ0) is 12.8. The van der Waals surface area contributed by atoms with E-state index >= 15 is 0 Å². The van der Waals surface area contributed by atoms with Crippen molar-refractivity contribution >= 4 is 11.5 Å². The Morgan fingerprint density at radius 3 is 2.71 bits per heavy atom. The third kappa shape index (κ3) is 2.88. The van der Waals surface area contributed by atoms with Gasteiger partial charge in [-0.3, -0.25) is 14.9 Å². The Bertz CT molecular complexity index is 477. The van der Waals surface area contributed by atoms with Crippen molar-refractivity contribution in [2.75, 3.05) is 0 Å². The van der Waals surface area contributed by atoms with Gasteiger partial charge < -0.3 is 0 Å². The van der Waals surface area contributed by atoms with Crippen LogP contribution >= 0.6 is 0 Å². The lowest BCUT2D eigenvalue weighted by molar-refractivity contribution is -0.385. The Balaban J connectivity index is 3.12. The first-order valence-electron chi connectivity index (χ1n) is 5.26. The Labute approximate surface area is 98.8 Å². The van der Waals surface area contributed by atoms with E-state index in [1.807, 2.05) is 6.07 Å². The molecule has 1 unspecified atom stereocenters. The number of rotatable bonds is 5. The molecule has 0 heterocycles. The molecular weight excluding hydrogens is 220 g/mol. The van der Waals surface area contributed by atoms with Crippen LogP contribution in [0.15, 0.2) is 24.3 Å². The Morgan fingerprint density at radius 1 is 1.53 bits per heavy atom. The lowest BCUT2D eigenvalue weighted by atomic mass is 9.92. The molecule has 5 heteroatoms. The van der Waals surface area contributed by atoms with Crippen molar-refractivity contribution in [1.29, 1.82) is 5.26 Å². The first-order valence-corrected chi connectivity index (χ1v) is 5.26. The molecule has 1 aromatic carbocycles. The van der Waals surface area contributed by atoms with Crippen LogP contribution in [0.5, 0.6) is 0 Å². The molecule has 0 aliphatic rings. The zero-order valence-corrected chi connectivity index (χ0v) is 9.42. The number of nitro benzene ring substituents is 1. The predicted octanol–water partition coefficient (Wildman–Crippen LogP) is 2.72. The first-order chi connectivity index (χ1) is 8.11. The van der Waals surface area contributed by atoms with Crippen molar-refractivity contribution in [1.82, 2.24) is 0 Å². The molecule has 88 valence electrons. The van der Waals surface area contributed by atoms with Gasteiger partial charge in [-0.25, -0.2) is 0 Å². The molecule has 0 spiro atoms. The molecule has 0 bridgehead atoms. The highest BCUT2D eigenvalue weighted by Crippen LogP contribution is 2.23. The Hall–Kier alpha value is -2.22. The number of hydrogen-bond donors (Lipinski definition) is 0. The number of carbonyl (C=O) groups is 1. The summed E-state index contributed by atoms with van der Waals surface area (Å²) in [4.78, 5) is 22.2. The average Bonchev–Trinajstić information content (AvgIpc) is 2.35. The van der Waals surface area contributed by atoms with Gasteiger partial charge >= 0.3 is 0 Å². The van der Waals surface area contributed by atoms with Crippen LogP contribution in [-0.4, -0.2) is 10.7 Å². The van der Waals surface area contributed by atoms with Gasteiger partial charge in [0, 0.05) is 18.4 Å². The van der Waals surface area contributed by atoms with Crippen molar-refractivity contribution in [3.8, 4) is 6.07 Å². The number of benzene rings is 1. The van der Waals surface area contributed by atoms with E-state index < -0.39 is 10.8 Å². The van der Waals surface area contributed by atoms with Crippen LogP contribution in [0, 0.1) is 27.4 Å². The van der Waals surface area contributed by atoms with E-state index in [1.165, 1.54) is 18.2 Å². The molecule has 0 aliphatic heterocycles. The van der Waals surface area contributed by atoms with Gasteiger partial charge in [0.05, 0.1) is 16.6 Å². The van der Waals surface area contributed by atoms with Gasteiger partial charge in [-0.05, 0) is 12.5 Å². The molecule has 1 atom stereocenters. The number of nitrogens with zero attached hydrogens (tertiary/aromatic N) is 2. The maximum atomic E-state index is 12.0. The fourth-order valence-corrected chi connectivity index (χ4v) is 1.59. The van der Waals surface area contributed by atoms with Gasteiger partial charge in [-0.15, -0.1) is 0 Å². The number of Topliss-reactive ketones (excluding diaryl/α,β-unsaturated/α-hetero) is 1. The summed E-state index contributed by atoms with van der Waals surface area (Å²) in [7, 11) is 0. The number of carbonyl (C=O) groups excluding carboxylic acids is 1. The van der Waals surface area contributed by atoms with E-state index in [1.54, 1.807) is 13.0 Å². The van der Waals surface area contributed by atoms with Crippen molar-refractivity contribution in [2.24, 2.45) is 5.92 Å². The van der Waals surface area contributed by atoms with Gasteiger partial charge in [-0.2, -0.15) is 5.26 Å². The van der Waals surface area contributed by atoms with Crippen LogP contribution in [0.2, 0.25) is 0 Å². The second-order valence-corrected chi connectivity index (χ2v) is 3.61. The number of hydrogen-bond acceptors (Lipinski definition) is 4. The molecule has 0 saturated carbocycles. The van der Waals surface area contributed by atoms with Crippen LogP contribution in [0.25, 0.3) is 0 Å². The van der Waals surface area contributed by atoms with Gasteiger partial charge in [0.2, 0.25) is 0 Å². The minimum atomic E-state index is -0.577. The standard InChI is InChI=1S/C12H12N2O3/c1-2-9(7-8-13)12(15)10-5-3-4-6-11(10)14(16)17/h3-6,9H,2,7H2,1H3. The highest BCUT2D eigenvalue weighted by atomic mass is 16.6. The van der Waals surface area contributed by atoms with E-state index in [0.717, 1.165) is 0 Å². The minimum absolute atomic E-state index is 0.0830. The Morgan fingerprint density at radius 2 is 2.18 bits per heavy atom. The fourth-order valence-electron chi connectivity index (χ4n) is 1.59. The van der Waals surface area contributed by atoms with Crippen molar-refractivity contribution in [3.05, 3.63) is 39.9 Å².